The van der Waals surface area contributed by atoms with E-state index >= 15 is 0 Å². The normalized spacial score (nSPS) is 12.4. The quantitative estimate of drug-likeness (QED) is 0.314. The van der Waals surface area contributed by atoms with Crippen LogP contribution in [-0.4, -0.2) is 48.2 Å². The van der Waals surface area contributed by atoms with Gasteiger partial charge in [-0.05, 0) is 43.2 Å². The van der Waals surface area contributed by atoms with Gasteiger partial charge < -0.3 is 20.5 Å². The number of carboxylic acid groups (broad SMARTS) is 1. The number of nitrogens with one attached hydrogen (secondary N) is 3. The molecule has 0 saturated carbocycles. The molecule has 180 valence electrons. The molecule has 0 aliphatic carbocycles. The highest BCUT2D eigenvalue weighted by molar-refractivity contribution is 7.99. The maximum atomic E-state index is 12.5. The molecule has 1 heterocycles. The highest BCUT2D eigenvalue weighted by atomic mass is 32.2. The number of carbonyl (C=O) groups is 4. The Balaban J connectivity index is 1.46. The van der Waals surface area contributed by atoms with Crippen molar-refractivity contribution in [2.24, 2.45) is 0 Å². The molecule has 2 aromatic rings. The lowest BCUT2D eigenvalue weighted by molar-refractivity contribution is -0.140. The molecule has 2 amide bonds. The van der Waals surface area contributed by atoms with E-state index < -0.39 is 42.9 Å². The number of Topliss-reactive ketones (excluding diaryl/α,β-unsaturated/α-hetero) is 1. The molecule has 0 fully saturated rings. The van der Waals surface area contributed by atoms with Crippen molar-refractivity contribution >= 4 is 52.6 Å². The molecular formula is C23H24FN3O6S. The van der Waals surface area contributed by atoms with Gasteiger partial charge in [-0.3, -0.25) is 19.7 Å². The molecule has 11 heteroatoms. The maximum Gasteiger partial charge on any atom is 0.411 e. The van der Waals surface area contributed by atoms with Gasteiger partial charge in [-0.25, -0.2) is 9.18 Å². The van der Waals surface area contributed by atoms with Crippen LogP contribution in [0, 0.1) is 6.92 Å². The van der Waals surface area contributed by atoms with E-state index in [0.29, 0.717) is 5.69 Å². The smallest absolute Gasteiger partial charge is 0.411 e. The summed E-state index contributed by atoms with van der Waals surface area (Å²) in [7, 11) is 0. The molecule has 4 N–H and O–H groups in total. The van der Waals surface area contributed by atoms with Crippen molar-refractivity contribution in [3.8, 4) is 0 Å². The Morgan fingerprint density at radius 1 is 1.15 bits per heavy atom. The fourth-order valence-corrected chi connectivity index (χ4v) is 4.31. The third-order valence-corrected chi connectivity index (χ3v) is 6.09. The van der Waals surface area contributed by atoms with E-state index in [0.717, 1.165) is 26.7 Å². The number of benzene rings is 2. The van der Waals surface area contributed by atoms with Crippen molar-refractivity contribution in [1.82, 2.24) is 5.32 Å². The van der Waals surface area contributed by atoms with Gasteiger partial charge in [-0.1, -0.05) is 23.9 Å². The largest absolute Gasteiger partial charge is 0.481 e. The van der Waals surface area contributed by atoms with Gasteiger partial charge in [-0.2, -0.15) is 0 Å². The molecule has 1 aliphatic heterocycles. The van der Waals surface area contributed by atoms with Crippen molar-refractivity contribution < 1.29 is 33.4 Å². The molecule has 0 spiro atoms. The van der Waals surface area contributed by atoms with Gasteiger partial charge in [0.25, 0.3) is 0 Å². The second-order valence-electron chi connectivity index (χ2n) is 7.57. The number of ether oxygens (including phenoxy) is 1. The second-order valence-corrected chi connectivity index (χ2v) is 8.65. The fraction of sp³-hybridized carbons (Fsp3) is 0.304. The van der Waals surface area contributed by atoms with Gasteiger partial charge >= 0.3 is 12.1 Å². The van der Waals surface area contributed by atoms with Gasteiger partial charge in [0, 0.05) is 21.9 Å². The van der Waals surface area contributed by atoms with E-state index in [4.69, 9.17) is 9.84 Å². The predicted molar refractivity (Wildman–Crippen MR) is 124 cm³/mol. The van der Waals surface area contributed by atoms with Crippen LogP contribution in [0.2, 0.25) is 0 Å². The molecule has 2 aromatic carbocycles. The highest BCUT2D eigenvalue weighted by Crippen LogP contribution is 2.45. The Hall–Kier alpha value is -3.60. The number of carbonyl (C=O) groups excluding carboxylic acids is 3. The Labute approximate surface area is 199 Å². The van der Waals surface area contributed by atoms with Crippen molar-refractivity contribution in [3.05, 3.63) is 42.0 Å². The van der Waals surface area contributed by atoms with Gasteiger partial charge in [0.05, 0.1) is 24.4 Å². The van der Waals surface area contributed by atoms with E-state index in [1.54, 1.807) is 11.8 Å². The summed E-state index contributed by atoms with van der Waals surface area (Å²) in [5.74, 6) is -2.97. The first kappa shape index (κ1) is 25.0. The molecule has 3 rings (SSSR count). The minimum Gasteiger partial charge on any atom is -0.481 e. The van der Waals surface area contributed by atoms with Gasteiger partial charge in [0.1, 0.15) is 12.7 Å². The second kappa shape index (κ2) is 11.5. The minimum absolute atomic E-state index is 0.0780. The molecule has 9 nitrogen and oxygen atoms in total. The first-order valence-corrected chi connectivity index (χ1v) is 11.3. The number of fused-ring (bicyclic) bond motifs is 2. The van der Waals surface area contributed by atoms with E-state index in [9.17, 15) is 23.6 Å². The number of ketones is 1. The van der Waals surface area contributed by atoms with E-state index in [2.05, 4.69) is 16.0 Å². The Bertz CT molecular complexity index is 1110. The SMILES string of the molecule is Cc1cc2c(cc1NC(=O)OCCCC(=O)N[C@@H](CC(=O)O)C(=O)CF)Nc1ccccc1S2. The number of carboxylic acids is 1. The number of hydrogen-bond acceptors (Lipinski definition) is 7. The highest BCUT2D eigenvalue weighted by Gasteiger charge is 2.23. The molecular weight excluding hydrogens is 465 g/mol. The van der Waals surface area contributed by atoms with Crippen LogP contribution in [0.4, 0.5) is 26.2 Å². The standard InChI is InChI=1S/C23H24FN3O6S/c1-13-9-20-17(25-14-5-2-3-6-19(14)34-20)10-15(13)27-23(32)33-8-4-7-21(29)26-16(11-22(30)31)18(28)12-24/h2-3,5-6,9-10,16,25H,4,7-8,11-12H2,1H3,(H,26,29)(H,27,32)(H,30,31)/t16-/m0/s1. The molecule has 0 saturated heterocycles. The summed E-state index contributed by atoms with van der Waals surface area (Å²) in [4.78, 5) is 48.4. The summed E-state index contributed by atoms with van der Waals surface area (Å²) in [5.41, 5.74) is 3.27. The number of halogens is 1. The zero-order chi connectivity index (χ0) is 24.7. The zero-order valence-corrected chi connectivity index (χ0v) is 19.2. The van der Waals surface area contributed by atoms with Gasteiger partial charge in [0.2, 0.25) is 5.91 Å². The van der Waals surface area contributed by atoms with Crippen LogP contribution in [-0.2, 0) is 19.1 Å². The number of aryl methyl sites for hydroxylation is 1. The van der Waals surface area contributed by atoms with Crippen LogP contribution in [0.5, 0.6) is 0 Å². The summed E-state index contributed by atoms with van der Waals surface area (Å²) in [6.07, 6.45) is -1.38. The third-order valence-electron chi connectivity index (χ3n) is 4.96. The molecule has 0 unspecified atom stereocenters. The third kappa shape index (κ3) is 6.70. The summed E-state index contributed by atoms with van der Waals surface area (Å²) >= 11 is 1.64. The topological polar surface area (TPSA) is 134 Å². The number of para-hydroxylation sites is 1. The maximum absolute atomic E-state index is 12.5. The lowest BCUT2D eigenvalue weighted by Crippen LogP contribution is -2.43. The summed E-state index contributed by atoms with van der Waals surface area (Å²) in [6.45, 7) is 0.420. The van der Waals surface area contributed by atoms with Crippen LogP contribution < -0.4 is 16.0 Å². The Morgan fingerprint density at radius 2 is 1.91 bits per heavy atom. The van der Waals surface area contributed by atoms with Crippen LogP contribution in [0.25, 0.3) is 0 Å². The number of amides is 2. The van der Waals surface area contributed by atoms with Crippen LogP contribution in [0.15, 0.2) is 46.2 Å². The number of aliphatic carboxylic acids is 1. The lowest BCUT2D eigenvalue weighted by atomic mass is 10.1. The average molecular weight is 490 g/mol. The van der Waals surface area contributed by atoms with Gasteiger partial charge in [0.15, 0.2) is 5.78 Å². The zero-order valence-electron chi connectivity index (χ0n) is 18.4. The molecule has 0 radical (unpaired) electrons. The van der Waals surface area contributed by atoms with E-state index in [-0.39, 0.29) is 19.4 Å². The Kier molecular flexibility index (Phi) is 8.47. The monoisotopic (exact) mass is 489 g/mol. The molecule has 0 bridgehead atoms. The molecule has 1 aliphatic rings. The average Bonchev–Trinajstić information content (AvgIpc) is 2.80. The summed E-state index contributed by atoms with van der Waals surface area (Å²) in [6, 6.07) is 10.3. The van der Waals surface area contributed by atoms with Crippen LogP contribution in [0.1, 0.15) is 24.8 Å². The van der Waals surface area contributed by atoms with Crippen molar-refractivity contribution in [3.63, 3.8) is 0 Å². The van der Waals surface area contributed by atoms with Crippen molar-refractivity contribution in [1.29, 1.82) is 0 Å². The lowest BCUT2D eigenvalue weighted by Gasteiger charge is -2.22. The summed E-state index contributed by atoms with van der Waals surface area (Å²) in [5, 5.41) is 17.0. The van der Waals surface area contributed by atoms with Crippen LogP contribution in [0.3, 0.4) is 0 Å². The van der Waals surface area contributed by atoms with Gasteiger partial charge in [-0.15, -0.1) is 0 Å². The first-order chi connectivity index (χ1) is 16.3. The molecule has 1 atom stereocenters. The minimum atomic E-state index is -1.43. The molecule has 0 aromatic heterocycles. The van der Waals surface area contributed by atoms with E-state index in [1.165, 1.54) is 0 Å². The summed E-state index contributed by atoms with van der Waals surface area (Å²) < 4.78 is 17.6. The van der Waals surface area contributed by atoms with Crippen molar-refractivity contribution in [2.45, 2.75) is 42.0 Å². The Morgan fingerprint density at radius 3 is 2.65 bits per heavy atom. The van der Waals surface area contributed by atoms with Crippen LogP contribution >= 0.6 is 11.8 Å². The molecule has 34 heavy (non-hydrogen) atoms. The number of hydrogen-bond donors (Lipinski definition) is 4. The number of rotatable bonds is 10. The number of alkyl halides is 1. The van der Waals surface area contributed by atoms with Crippen molar-refractivity contribution in [2.75, 3.05) is 23.9 Å². The van der Waals surface area contributed by atoms with E-state index in [1.807, 2.05) is 43.3 Å². The predicted octanol–water partition coefficient (Wildman–Crippen LogP) is 4.03. The first-order valence-electron chi connectivity index (χ1n) is 10.5. The fourth-order valence-electron chi connectivity index (χ4n) is 3.24. The number of anilines is 3.